The molecule has 0 radical (unpaired) electrons. The highest BCUT2D eigenvalue weighted by atomic mass is 32.1. The van der Waals surface area contributed by atoms with Crippen molar-refractivity contribution in [2.45, 2.75) is 13.5 Å². The number of anilines is 1. The van der Waals surface area contributed by atoms with Crippen molar-refractivity contribution in [3.8, 4) is 11.5 Å². The summed E-state index contributed by atoms with van der Waals surface area (Å²) in [5.74, 6) is -1.03. The van der Waals surface area contributed by atoms with Gasteiger partial charge in [-0.2, -0.15) is 0 Å². The molecule has 2 amide bonds. The fraction of sp³-hybridized carbons (Fsp3) is 0.100. The molecular weight excluding hydrogens is 503 g/mol. The number of amides is 2. The number of hydrogen-bond donors (Lipinski definition) is 1. The van der Waals surface area contributed by atoms with E-state index < -0.39 is 17.6 Å². The molecule has 1 heterocycles. The summed E-state index contributed by atoms with van der Waals surface area (Å²) >= 11 is 5.15. The average Bonchev–Trinajstić information content (AvgIpc) is 2.91. The van der Waals surface area contributed by atoms with E-state index in [1.807, 2.05) is 31.2 Å². The smallest absolute Gasteiger partial charge is 0.270 e. The van der Waals surface area contributed by atoms with Gasteiger partial charge in [-0.25, -0.2) is 9.29 Å². The number of nitrogens with zero attached hydrogens (tertiary/aromatic N) is 1. The normalized spacial score (nSPS) is 14.6. The fourth-order valence-corrected chi connectivity index (χ4v) is 4.53. The first-order valence-corrected chi connectivity index (χ1v) is 12.4. The zero-order valence-electron chi connectivity index (χ0n) is 20.4. The van der Waals surface area contributed by atoms with Gasteiger partial charge in [-0.15, -0.1) is 0 Å². The van der Waals surface area contributed by atoms with E-state index in [4.69, 9.17) is 21.7 Å². The Balaban J connectivity index is 1.43. The van der Waals surface area contributed by atoms with Crippen LogP contribution in [0.25, 0.3) is 16.8 Å². The van der Waals surface area contributed by atoms with E-state index in [0.29, 0.717) is 30.3 Å². The number of nitrogens with one attached hydrogen (secondary N) is 1. The van der Waals surface area contributed by atoms with E-state index in [-0.39, 0.29) is 16.4 Å². The maximum atomic E-state index is 14.4. The largest absolute Gasteiger partial charge is 0.490 e. The number of rotatable bonds is 7. The van der Waals surface area contributed by atoms with Crippen molar-refractivity contribution in [1.82, 2.24) is 5.32 Å². The Morgan fingerprint density at radius 1 is 0.921 bits per heavy atom. The van der Waals surface area contributed by atoms with E-state index in [1.54, 1.807) is 24.3 Å². The number of thiocarbonyl (C=S) groups is 1. The third kappa shape index (κ3) is 4.99. The van der Waals surface area contributed by atoms with Crippen LogP contribution in [0, 0.1) is 5.82 Å². The second-order valence-corrected chi connectivity index (χ2v) is 8.86. The third-order valence-corrected chi connectivity index (χ3v) is 6.32. The van der Waals surface area contributed by atoms with E-state index in [1.165, 1.54) is 24.3 Å². The Hall–Kier alpha value is -4.56. The molecule has 0 spiro atoms. The Morgan fingerprint density at radius 2 is 1.68 bits per heavy atom. The summed E-state index contributed by atoms with van der Waals surface area (Å²) in [7, 11) is 0. The van der Waals surface area contributed by atoms with Crippen molar-refractivity contribution < 1.29 is 23.5 Å². The van der Waals surface area contributed by atoms with Crippen molar-refractivity contribution in [1.29, 1.82) is 0 Å². The summed E-state index contributed by atoms with van der Waals surface area (Å²) < 4.78 is 26.3. The molecule has 0 aromatic heterocycles. The minimum absolute atomic E-state index is 0.0411. The van der Waals surface area contributed by atoms with Crippen molar-refractivity contribution in [3.05, 3.63) is 107 Å². The lowest BCUT2D eigenvalue weighted by atomic mass is 10.1. The lowest BCUT2D eigenvalue weighted by Crippen LogP contribution is -2.54. The average molecular weight is 527 g/mol. The van der Waals surface area contributed by atoms with Gasteiger partial charge in [0, 0.05) is 0 Å². The topological polar surface area (TPSA) is 67.9 Å². The molecule has 0 atom stereocenters. The monoisotopic (exact) mass is 526 g/mol. The quantitative estimate of drug-likeness (QED) is 0.188. The minimum Gasteiger partial charge on any atom is -0.490 e. The first-order valence-electron chi connectivity index (χ1n) is 12.0. The highest BCUT2D eigenvalue weighted by molar-refractivity contribution is 7.80. The van der Waals surface area contributed by atoms with Crippen LogP contribution in [0.5, 0.6) is 11.5 Å². The Kier molecular flexibility index (Phi) is 7.15. The molecule has 0 saturated carbocycles. The molecule has 1 saturated heterocycles. The van der Waals surface area contributed by atoms with Crippen molar-refractivity contribution in [2.24, 2.45) is 0 Å². The molecule has 190 valence electrons. The zero-order valence-corrected chi connectivity index (χ0v) is 21.3. The van der Waals surface area contributed by atoms with Crippen LogP contribution in [0.1, 0.15) is 18.1 Å². The highest BCUT2D eigenvalue weighted by Crippen LogP contribution is 2.32. The molecule has 6 nitrogen and oxygen atoms in total. The SMILES string of the molecule is CCOc1cc(/C=C2\C(=O)NC(=S)N(c3ccccc3F)C2=O)ccc1OCc1cccc2ccccc12. The third-order valence-electron chi connectivity index (χ3n) is 6.04. The number of para-hydroxylation sites is 1. The molecule has 1 aliphatic rings. The molecule has 1 fully saturated rings. The Labute approximate surface area is 224 Å². The van der Waals surface area contributed by atoms with Crippen molar-refractivity contribution in [3.63, 3.8) is 0 Å². The Bertz CT molecular complexity index is 1600. The van der Waals surface area contributed by atoms with Gasteiger partial charge < -0.3 is 9.47 Å². The summed E-state index contributed by atoms with van der Waals surface area (Å²) in [6.07, 6.45) is 1.42. The maximum absolute atomic E-state index is 14.4. The number of carbonyl (C=O) groups is 2. The van der Waals surface area contributed by atoms with Gasteiger partial charge in [0.1, 0.15) is 18.0 Å². The van der Waals surface area contributed by atoms with Gasteiger partial charge in [0.2, 0.25) is 0 Å². The number of halogens is 1. The summed E-state index contributed by atoms with van der Waals surface area (Å²) in [6.45, 7) is 2.57. The number of fused-ring (bicyclic) bond motifs is 1. The number of carbonyl (C=O) groups excluding carboxylic acids is 2. The predicted octanol–water partition coefficient (Wildman–Crippen LogP) is 5.79. The molecule has 0 bridgehead atoms. The van der Waals surface area contributed by atoms with Gasteiger partial charge in [0.25, 0.3) is 11.8 Å². The molecular formula is C30H23FN2O4S. The lowest BCUT2D eigenvalue weighted by Gasteiger charge is -2.29. The van der Waals surface area contributed by atoms with Crippen molar-refractivity contribution >= 4 is 51.7 Å². The number of ether oxygens (including phenoxy) is 2. The molecule has 8 heteroatoms. The van der Waals surface area contributed by atoms with Crippen LogP contribution in [0.15, 0.2) is 90.5 Å². The molecule has 4 aromatic carbocycles. The van der Waals surface area contributed by atoms with Crippen LogP contribution in [-0.4, -0.2) is 23.5 Å². The van der Waals surface area contributed by atoms with E-state index in [0.717, 1.165) is 21.2 Å². The van der Waals surface area contributed by atoms with Crippen LogP contribution < -0.4 is 19.7 Å². The highest BCUT2D eigenvalue weighted by Gasteiger charge is 2.35. The summed E-state index contributed by atoms with van der Waals surface area (Å²) in [6, 6.07) is 25.0. The Morgan fingerprint density at radius 3 is 2.50 bits per heavy atom. The first-order chi connectivity index (χ1) is 18.5. The molecule has 1 N–H and O–H groups in total. The minimum atomic E-state index is -0.724. The molecule has 4 aromatic rings. The second kappa shape index (κ2) is 10.8. The summed E-state index contributed by atoms with van der Waals surface area (Å²) in [5, 5.41) is 4.51. The maximum Gasteiger partial charge on any atom is 0.270 e. The molecule has 0 unspecified atom stereocenters. The fourth-order valence-electron chi connectivity index (χ4n) is 4.25. The van der Waals surface area contributed by atoms with Crippen LogP contribution in [0.3, 0.4) is 0 Å². The van der Waals surface area contributed by atoms with Crippen LogP contribution >= 0.6 is 12.2 Å². The predicted molar refractivity (Wildman–Crippen MR) is 148 cm³/mol. The van der Waals surface area contributed by atoms with Crippen LogP contribution in [0.2, 0.25) is 0 Å². The summed E-state index contributed by atoms with van der Waals surface area (Å²) in [5.41, 5.74) is 1.34. The lowest BCUT2D eigenvalue weighted by molar-refractivity contribution is -0.122. The molecule has 38 heavy (non-hydrogen) atoms. The van der Waals surface area contributed by atoms with Gasteiger partial charge in [-0.1, -0.05) is 60.7 Å². The van der Waals surface area contributed by atoms with Gasteiger partial charge >= 0.3 is 0 Å². The van der Waals surface area contributed by atoms with E-state index in [9.17, 15) is 14.0 Å². The standard InChI is InChI=1S/C30H23FN2O4S/c1-2-36-27-17-19(14-15-26(27)37-18-21-10-7-9-20-8-3-4-11-22(20)21)16-23-28(34)32-30(38)33(29(23)35)25-13-6-5-12-24(25)31/h3-17H,2,18H2,1H3,(H,32,34,38)/b23-16+. The van der Waals surface area contributed by atoms with Crippen molar-refractivity contribution in [2.75, 3.05) is 11.5 Å². The second-order valence-electron chi connectivity index (χ2n) is 8.48. The van der Waals surface area contributed by atoms with Gasteiger partial charge in [0.15, 0.2) is 16.6 Å². The number of hydrogen-bond acceptors (Lipinski definition) is 5. The van der Waals surface area contributed by atoms with E-state index >= 15 is 0 Å². The molecule has 1 aliphatic heterocycles. The molecule has 5 rings (SSSR count). The van der Waals surface area contributed by atoms with Crippen LogP contribution in [-0.2, 0) is 16.2 Å². The van der Waals surface area contributed by atoms with Gasteiger partial charge in [-0.05, 0) is 71.4 Å². The zero-order chi connectivity index (χ0) is 26.6. The molecule has 0 aliphatic carbocycles. The van der Waals surface area contributed by atoms with Gasteiger partial charge in [-0.3, -0.25) is 14.9 Å². The first kappa shape index (κ1) is 25.1. The summed E-state index contributed by atoms with van der Waals surface area (Å²) in [4.78, 5) is 26.9. The number of benzene rings is 4. The van der Waals surface area contributed by atoms with E-state index in [2.05, 4.69) is 23.5 Å². The van der Waals surface area contributed by atoms with Gasteiger partial charge in [0.05, 0.1) is 12.3 Å². The van der Waals surface area contributed by atoms with Crippen LogP contribution in [0.4, 0.5) is 10.1 Å².